The van der Waals surface area contributed by atoms with Crippen LogP contribution in [0.1, 0.15) is 5.56 Å². The zero-order chi connectivity index (χ0) is 9.97. The second kappa shape index (κ2) is 3.81. The van der Waals surface area contributed by atoms with Crippen LogP contribution in [0.3, 0.4) is 0 Å². The molecule has 0 saturated carbocycles. The third-order valence-electron chi connectivity index (χ3n) is 1.80. The molecule has 0 unspecified atom stereocenters. The van der Waals surface area contributed by atoms with Crippen LogP contribution in [0.15, 0.2) is 30.2 Å². The molecule has 14 heavy (non-hydrogen) atoms. The zero-order valence-corrected chi connectivity index (χ0v) is 8.25. The summed E-state index contributed by atoms with van der Waals surface area (Å²) < 4.78 is 5.02. The van der Waals surface area contributed by atoms with Gasteiger partial charge in [0.2, 0.25) is 0 Å². The molecule has 5 heteroatoms. The molecule has 1 heterocycles. The van der Waals surface area contributed by atoms with Gasteiger partial charge in [0.05, 0.1) is 7.11 Å². The molecule has 0 fully saturated rings. The minimum atomic E-state index is -0.153. The van der Waals surface area contributed by atoms with E-state index in [1.54, 1.807) is 7.11 Å². The number of hydrogen-bond donors (Lipinski definition) is 1. The fourth-order valence-corrected chi connectivity index (χ4v) is 1.63. The number of hydrogen-bond acceptors (Lipinski definition) is 4. The third-order valence-corrected chi connectivity index (χ3v) is 2.54. The van der Waals surface area contributed by atoms with E-state index in [4.69, 9.17) is 4.74 Å². The first-order valence-corrected chi connectivity index (χ1v) is 4.70. The van der Waals surface area contributed by atoms with Gasteiger partial charge in [-0.25, -0.2) is 0 Å². The molecule has 0 aliphatic carbocycles. The van der Waals surface area contributed by atoms with Crippen molar-refractivity contribution in [3.63, 3.8) is 0 Å². The summed E-state index contributed by atoms with van der Waals surface area (Å²) in [5.41, 5.74) is 0.856. The Balaban J connectivity index is 2.29. The fourth-order valence-electron chi connectivity index (χ4n) is 1.09. The lowest BCUT2D eigenvalue weighted by Gasteiger charge is -2.01. The van der Waals surface area contributed by atoms with E-state index in [0.717, 1.165) is 23.3 Å². The molecule has 0 aromatic heterocycles. The minimum Gasteiger partial charge on any atom is -0.497 e. The van der Waals surface area contributed by atoms with Crippen molar-refractivity contribution < 1.29 is 14.7 Å². The Morgan fingerprint density at radius 3 is 2.57 bits per heavy atom. The maximum atomic E-state index is 9.28. The van der Waals surface area contributed by atoms with E-state index in [-0.39, 0.29) is 5.95 Å². The van der Waals surface area contributed by atoms with E-state index in [1.165, 1.54) is 0 Å². The van der Waals surface area contributed by atoms with E-state index in [2.05, 4.69) is 9.72 Å². The largest absolute Gasteiger partial charge is 0.497 e. The van der Waals surface area contributed by atoms with Crippen LogP contribution >= 0.6 is 11.9 Å². The summed E-state index contributed by atoms with van der Waals surface area (Å²) in [6, 6.07) is 7.30. The van der Waals surface area contributed by atoms with Crippen LogP contribution in [0.2, 0.25) is 0 Å². The highest BCUT2D eigenvalue weighted by atomic mass is 32.2. The van der Waals surface area contributed by atoms with Crippen molar-refractivity contribution in [2.45, 2.75) is 0 Å². The number of ether oxygens (including phenoxy) is 1. The maximum Gasteiger partial charge on any atom is 0.316 e. The van der Waals surface area contributed by atoms with E-state index in [0.29, 0.717) is 4.91 Å². The molecule has 0 amide bonds. The highest BCUT2D eigenvalue weighted by Gasteiger charge is 2.19. The molecule has 73 valence electrons. The molecule has 1 aromatic carbocycles. The first-order chi connectivity index (χ1) is 6.81. The Kier molecular flexibility index (Phi) is 2.51. The molecule has 1 N–H and O–H groups in total. The molecule has 2 rings (SSSR count). The lowest BCUT2D eigenvalue weighted by molar-refractivity contribution is 0.0731. The van der Waals surface area contributed by atoms with E-state index >= 15 is 0 Å². The molecule has 4 nitrogen and oxygen atoms in total. The van der Waals surface area contributed by atoms with Gasteiger partial charge in [-0.05, 0) is 29.8 Å². The normalized spacial score (nSPS) is 15.5. The van der Waals surface area contributed by atoms with Crippen LogP contribution in [0.4, 0.5) is 0 Å². The van der Waals surface area contributed by atoms with Crippen molar-refractivity contribution >= 4 is 16.9 Å². The van der Waals surface area contributed by atoms with E-state index in [1.807, 2.05) is 24.3 Å². The average Bonchev–Trinajstić information content (AvgIpc) is 2.65. The van der Waals surface area contributed by atoms with Gasteiger partial charge >= 0.3 is 5.95 Å². The Labute approximate surface area is 85.6 Å². The molecule has 1 aliphatic heterocycles. The summed E-state index contributed by atoms with van der Waals surface area (Å²) in [5.74, 6) is 0.620. The van der Waals surface area contributed by atoms with E-state index in [9.17, 15) is 5.11 Å². The Bertz CT molecular complexity index is 361. The molecule has 0 saturated heterocycles. The lowest BCUT2D eigenvalue weighted by Crippen LogP contribution is -1.86. The summed E-state index contributed by atoms with van der Waals surface area (Å²) in [5, 5.41) is 9.28. The molecule has 0 spiro atoms. The fraction of sp³-hybridized carbons (Fsp3) is 0.111. The topological polar surface area (TPSA) is 52.8 Å². The van der Waals surface area contributed by atoms with Gasteiger partial charge in [-0.3, -0.25) is 0 Å². The van der Waals surface area contributed by atoms with Crippen LogP contribution in [0.25, 0.3) is 4.91 Å². The number of benzene rings is 1. The standard InChI is InChI=1S/C9H8NO3S/c1-12-7-4-2-6(3-5-7)8-9(11)13-10-14-8/h2-5,11H,1H3. The lowest BCUT2D eigenvalue weighted by atomic mass is 10.2. The van der Waals surface area contributed by atoms with Crippen molar-refractivity contribution in [1.82, 2.24) is 4.89 Å². The number of nitrogens with zero attached hydrogens (tertiary/aromatic N) is 1. The SMILES string of the molecule is COc1ccc(C2=C(O)O[N]S2)cc1. The van der Waals surface area contributed by atoms with Crippen molar-refractivity contribution in [1.29, 1.82) is 0 Å². The number of aliphatic hydroxyl groups is 1. The van der Waals surface area contributed by atoms with Crippen LogP contribution < -0.4 is 9.62 Å². The van der Waals surface area contributed by atoms with Crippen molar-refractivity contribution in [3.05, 3.63) is 35.8 Å². The predicted octanol–water partition coefficient (Wildman–Crippen LogP) is 2.08. The van der Waals surface area contributed by atoms with Gasteiger partial charge in [-0.1, -0.05) is 0 Å². The average molecular weight is 210 g/mol. The highest BCUT2D eigenvalue weighted by Crippen LogP contribution is 2.34. The minimum absolute atomic E-state index is 0.153. The second-order valence-electron chi connectivity index (χ2n) is 2.62. The van der Waals surface area contributed by atoms with Crippen molar-refractivity contribution in [2.75, 3.05) is 7.11 Å². The summed E-state index contributed by atoms with van der Waals surface area (Å²) in [6.45, 7) is 0. The van der Waals surface area contributed by atoms with Crippen LogP contribution in [-0.2, 0) is 4.84 Å². The van der Waals surface area contributed by atoms with Gasteiger partial charge in [0.1, 0.15) is 10.7 Å². The quantitative estimate of drug-likeness (QED) is 0.759. The van der Waals surface area contributed by atoms with E-state index < -0.39 is 0 Å². The monoisotopic (exact) mass is 210 g/mol. The van der Waals surface area contributed by atoms with Crippen molar-refractivity contribution in [2.24, 2.45) is 0 Å². The first-order valence-electron chi connectivity index (χ1n) is 3.93. The van der Waals surface area contributed by atoms with Gasteiger partial charge < -0.3 is 14.7 Å². The van der Waals surface area contributed by atoms with Crippen molar-refractivity contribution in [3.8, 4) is 5.75 Å². The Morgan fingerprint density at radius 1 is 1.36 bits per heavy atom. The van der Waals surface area contributed by atoms with Crippen LogP contribution in [0.5, 0.6) is 5.75 Å². The third kappa shape index (κ3) is 1.64. The molecule has 0 bridgehead atoms. The molecule has 1 radical (unpaired) electrons. The summed E-state index contributed by atoms with van der Waals surface area (Å²) in [7, 11) is 1.61. The molecular formula is C9H8NO3S. The van der Waals surface area contributed by atoms with Gasteiger partial charge in [0.15, 0.2) is 0 Å². The zero-order valence-electron chi connectivity index (χ0n) is 7.43. The molecule has 0 atom stereocenters. The highest BCUT2D eigenvalue weighted by molar-refractivity contribution is 8.06. The maximum absolute atomic E-state index is 9.28. The Morgan fingerprint density at radius 2 is 2.07 bits per heavy atom. The first kappa shape index (κ1) is 9.23. The number of methoxy groups -OCH3 is 1. The van der Waals surface area contributed by atoms with Gasteiger partial charge in [-0.15, -0.1) is 0 Å². The summed E-state index contributed by atoms with van der Waals surface area (Å²) in [6.07, 6.45) is 0. The number of aliphatic hydroxyl groups excluding tert-OH is 1. The van der Waals surface area contributed by atoms with Gasteiger partial charge in [0, 0.05) is 16.8 Å². The predicted molar refractivity (Wildman–Crippen MR) is 53.4 cm³/mol. The Hall–Kier alpha value is -1.33. The second-order valence-corrected chi connectivity index (χ2v) is 3.36. The molecule has 1 aromatic rings. The summed E-state index contributed by atoms with van der Waals surface area (Å²) in [4.78, 5) is 8.71. The van der Waals surface area contributed by atoms with Crippen LogP contribution in [-0.4, -0.2) is 12.2 Å². The van der Waals surface area contributed by atoms with Gasteiger partial charge in [0.25, 0.3) is 0 Å². The van der Waals surface area contributed by atoms with Crippen LogP contribution in [0, 0.1) is 0 Å². The molecule has 1 aliphatic rings. The molecular weight excluding hydrogens is 202 g/mol. The van der Waals surface area contributed by atoms with Gasteiger partial charge in [-0.2, -0.15) is 0 Å². The smallest absolute Gasteiger partial charge is 0.316 e. The number of rotatable bonds is 2. The summed E-state index contributed by atoms with van der Waals surface area (Å²) >= 11 is 1.11.